The van der Waals surface area contributed by atoms with Gasteiger partial charge in [-0.3, -0.25) is 9.59 Å². The average Bonchev–Trinajstić information content (AvgIpc) is 2.53. The average molecular weight is 330 g/mol. The van der Waals surface area contributed by atoms with Gasteiger partial charge in [0.05, 0.1) is 24.0 Å². The first-order chi connectivity index (χ1) is 10.6. The Labute approximate surface area is 138 Å². The number of carbonyl (C=O) groups excluding carboxylic acids is 2. The van der Waals surface area contributed by atoms with Gasteiger partial charge in [-0.05, 0) is 27.2 Å². The SMILES string of the molecule is CC1C(=O)O[C@H](C)[C@H](C)[C@@H]1O.CC[C@H]1OC(=O)C(C)[C@@H](O)[C@H]1C. The van der Waals surface area contributed by atoms with Gasteiger partial charge in [0.25, 0.3) is 0 Å². The maximum Gasteiger partial charge on any atom is 0.311 e. The zero-order chi connectivity index (χ0) is 17.9. The molecule has 0 aromatic carbocycles. The van der Waals surface area contributed by atoms with Crippen LogP contribution in [0.15, 0.2) is 0 Å². The molecule has 134 valence electrons. The first-order valence-corrected chi connectivity index (χ1v) is 8.38. The van der Waals surface area contributed by atoms with Crippen LogP contribution in [0.1, 0.15) is 48.0 Å². The molecule has 23 heavy (non-hydrogen) atoms. The van der Waals surface area contributed by atoms with Crippen molar-refractivity contribution in [2.24, 2.45) is 23.7 Å². The number of hydrogen-bond acceptors (Lipinski definition) is 6. The molecule has 0 aliphatic carbocycles. The summed E-state index contributed by atoms with van der Waals surface area (Å²) in [6, 6.07) is 0. The highest BCUT2D eigenvalue weighted by atomic mass is 16.6. The zero-order valence-corrected chi connectivity index (χ0v) is 14.9. The summed E-state index contributed by atoms with van der Waals surface area (Å²) in [5.74, 6) is -1.20. The predicted molar refractivity (Wildman–Crippen MR) is 84.4 cm³/mol. The van der Waals surface area contributed by atoms with Gasteiger partial charge in [-0.2, -0.15) is 0 Å². The smallest absolute Gasteiger partial charge is 0.311 e. The number of carbonyl (C=O) groups is 2. The van der Waals surface area contributed by atoms with E-state index in [0.717, 1.165) is 6.42 Å². The molecule has 0 amide bonds. The molecule has 2 heterocycles. The lowest BCUT2D eigenvalue weighted by Gasteiger charge is -2.35. The topological polar surface area (TPSA) is 93.1 Å². The summed E-state index contributed by atoms with van der Waals surface area (Å²) >= 11 is 0. The van der Waals surface area contributed by atoms with Crippen molar-refractivity contribution in [1.82, 2.24) is 0 Å². The third kappa shape index (κ3) is 4.44. The molecule has 8 atom stereocenters. The highest BCUT2D eigenvalue weighted by Crippen LogP contribution is 2.27. The normalized spacial score (nSPS) is 43.8. The lowest BCUT2D eigenvalue weighted by atomic mass is 9.85. The molecule has 0 aromatic heterocycles. The van der Waals surface area contributed by atoms with Crippen molar-refractivity contribution in [3.05, 3.63) is 0 Å². The van der Waals surface area contributed by atoms with E-state index in [2.05, 4.69) is 0 Å². The zero-order valence-electron chi connectivity index (χ0n) is 14.9. The molecule has 2 saturated heterocycles. The molecule has 2 unspecified atom stereocenters. The van der Waals surface area contributed by atoms with E-state index in [0.29, 0.717) is 0 Å². The molecule has 2 aliphatic rings. The summed E-state index contributed by atoms with van der Waals surface area (Å²) < 4.78 is 10.1. The number of aliphatic hydroxyl groups is 2. The predicted octanol–water partition coefficient (Wildman–Crippen LogP) is 1.52. The Morgan fingerprint density at radius 2 is 1.26 bits per heavy atom. The van der Waals surface area contributed by atoms with E-state index in [1.54, 1.807) is 20.8 Å². The van der Waals surface area contributed by atoms with E-state index in [1.165, 1.54) is 0 Å². The fourth-order valence-electron chi connectivity index (χ4n) is 2.90. The Hall–Kier alpha value is -1.14. The first-order valence-electron chi connectivity index (χ1n) is 8.38. The van der Waals surface area contributed by atoms with Crippen molar-refractivity contribution < 1.29 is 29.3 Å². The molecular weight excluding hydrogens is 300 g/mol. The third-order valence-corrected chi connectivity index (χ3v) is 5.14. The summed E-state index contributed by atoms with van der Waals surface area (Å²) in [6.45, 7) is 11.0. The van der Waals surface area contributed by atoms with Gasteiger partial charge in [0, 0.05) is 11.8 Å². The number of ether oxygens (including phenoxy) is 2. The minimum absolute atomic E-state index is 0.0442. The fraction of sp³-hybridized carbons (Fsp3) is 0.882. The van der Waals surface area contributed by atoms with Crippen molar-refractivity contribution >= 4 is 11.9 Å². The molecule has 2 aliphatic heterocycles. The summed E-state index contributed by atoms with van der Waals surface area (Å²) in [4.78, 5) is 22.1. The molecule has 2 fully saturated rings. The monoisotopic (exact) mass is 330 g/mol. The Morgan fingerprint density at radius 1 is 0.826 bits per heavy atom. The summed E-state index contributed by atoms with van der Waals surface area (Å²) in [7, 11) is 0. The molecule has 6 heteroatoms. The van der Waals surface area contributed by atoms with Crippen molar-refractivity contribution in [2.75, 3.05) is 0 Å². The van der Waals surface area contributed by atoms with Crippen LogP contribution in [0.25, 0.3) is 0 Å². The Morgan fingerprint density at radius 3 is 1.74 bits per heavy atom. The minimum atomic E-state index is -0.550. The maximum atomic E-state index is 11.1. The van der Waals surface area contributed by atoms with Gasteiger partial charge >= 0.3 is 11.9 Å². The van der Waals surface area contributed by atoms with Gasteiger partial charge < -0.3 is 19.7 Å². The largest absolute Gasteiger partial charge is 0.462 e. The van der Waals surface area contributed by atoms with Crippen LogP contribution in [0, 0.1) is 23.7 Å². The highest BCUT2D eigenvalue weighted by molar-refractivity contribution is 5.74. The van der Waals surface area contributed by atoms with Crippen molar-refractivity contribution in [1.29, 1.82) is 0 Å². The Kier molecular flexibility index (Phi) is 7.02. The second-order valence-corrected chi connectivity index (χ2v) is 6.80. The molecular formula is C17H30O6. The van der Waals surface area contributed by atoms with Gasteiger partial charge in [-0.15, -0.1) is 0 Å². The van der Waals surface area contributed by atoms with E-state index in [1.807, 2.05) is 20.8 Å². The molecule has 2 rings (SSSR count). The van der Waals surface area contributed by atoms with Crippen LogP contribution >= 0.6 is 0 Å². The van der Waals surface area contributed by atoms with Crippen LogP contribution in [0.4, 0.5) is 0 Å². The summed E-state index contributed by atoms with van der Waals surface area (Å²) in [6.07, 6.45) is -0.587. The van der Waals surface area contributed by atoms with Crippen LogP contribution in [-0.2, 0) is 19.1 Å². The van der Waals surface area contributed by atoms with Crippen LogP contribution in [0.2, 0.25) is 0 Å². The Balaban J connectivity index is 0.000000231. The van der Waals surface area contributed by atoms with E-state index in [4.69, 9.17) is 9.47 Å². The summed E-state index contributed by atoms with van der Waals surface area (Å²) in [5, 5.41) is 19.1. The van der Waals surface area contributed by atoms with Crippen LogP contribution in [-0.4, -0.2) is 46.6 Å². The number of cyclic esters (lactones) is 2. The van der Waals surface area contributed by atoms with Gasteiger partial charge in [0.15, 0.2) is 0 Å². The van der Waals surface area contributed by atoms with Gasteiger partial charge in [0.2, 0.25) is 0 Å². The maximum absolute atomic E-state index is 11.1. The fourth-order valence-corrected chi connectivity index (χ4v) is 2.90. The van der Waals surface area contributed by atoms with Crippen molar-refractivity contribution in [3.63, 3.8) is 0 Å². The van der Waals surface area contributed by atoms with Crippen LogP contribution in [0.5, 0.6) is 0 Å². The molecule has 6 nitrogen and oxygen atoms in total. The van der Waals surface area contributed by atoms with E-state index < -0.39 is 12.2 Å². The number of hydrogen-bond donors (Lipinski definition) is 2. The first kappa shape index (κ1) is 19.9. The molecule has 0 aromatic rings. The van der Waals surface area contributed by atoms with Crippen LogP contribution in [0.3, 0.4) is 0 Å². The highest BCUT2D eigenvalue weighted by Gasteiger charge is 2.39. The van der Waals surface area contributed by atoms with E-state index in [-0.39, 0.29) is 47.8 Å². The Bertz CT molecular complexity index is 421. The second kappa shape index (κ2) is 8.11. The second-order valence-electron chi connectivity index (χ2n) is 6.80. The van der Waals surface area contributed by atoms with Crippen molar-refractivity contribution in [2.45, 2.75) is 72.4 Å². The quantitative estimate of drug-likeness (QED) is 0.708. The van der Waals surface area contributed by atoms with E-state index in [9.17, 15) is 19.8 Å². The van der Waals surface area contributed by atoms with Gasteiger partial charge in [-0.25, -0.2) is 0 Å². The molecule has 0 radical (unpaired) electrons. The number of rotatable bonds is 1. The van der Waals surface area contributed by atoms with Crippen LogP contribution < -0.4 is 0 Å². The molecule has 0 bridgehead atoms. The third-order valence-electron chi connectivity index (χ3n) is 5.14. The summed E-state index contributed by atoms with van der Waals surface area (Å²) in [5.41, 5.74) is 0. The van der Waals surface area contributed by atoms with Crippen molar-refractivity contribution in [3.8, 4) is 0 Å². The van der Waals surface area contributed by atoms with Gasteiger partial charge in [0.1, 0.15) is 12.2 Å². The lowest BCUT2D eigenvalue weighted by Crippen LogP contribution is -2.46. The van der Waals surface area contributed by atoms with E-state index >= 15 is 0 Å². The van der Waals surface area contributed by atoms with Gasteiger partial charge in [-0.1, -0.05) is 20.8 Å². The molecule has 2 N–H and O–H groups in total. The molecule has 0 saturated carbocycles. The number of esters is 2. The lowest BCUT2D eigenvalue weighted by molar-refractivity contribution is -0.177. The molecule has 0 spiro atoms. The standard InChI is InChI=1S/C9H16O3.C8H14O3/c1-4-7-5(2)8(10)6(3)9(11)12-7;1-4-6(3)11-8(10)5(2)7(4)9/h5-8,10H,4H2,1-3H3;4-7,9H,1-3H3/t5-,6?,7+,8-;4-,5?,6+,7-/m00/s1. The number of aliphatic hydroxyl groups excluding tert-OH is 2. The minimum Gasteiger partial charge on any atom is -0.462 e.